The van der Waals surface area contributed by atoms with Crippen molar-refractivity contribution in [3.8, 4) is 11.5 Å². The zero-order valence-electron chi connectivity index (χ0n) is 8.58. The van der Waals surface area contributed by atoms with Crippen LogP contribution in [0.4, 0.5) is 14.5 Å². The van der Waals surface area contributed by atoms with E-state index in [9.17, 15) is 8.78 Å². The van der Waals surface area contributed by atoms with Crippen LogP contribution in [0.25, 0.3) is 0 Å². The zero-order valence-corrected chi connectivity index (χ0v) is 9.34. The molecule has 0 heterocycles. The number of para-hydroxylation sites is 1. The minimum Gasteiger partial charge on any atom is -0.455 e. The highest BCUT2D eigenvalue weighted by atomic mass is 35.5. The number of rotatable bonds is 2. The summed E-state index contributed by atoms with van der Waals surface area (Å²) >= 11 is 5.52. The third kappa shape index (κ3) is 2.47. The summed E-state index contributed by atoms with van der Waals surface area (Å²) in [5.74, 6) is -0.869. The summed E-state index contributed by atoms with van der Waals surface area (Å²) in [5, 5.41) is -0.00966. The number of ether oxygens (including phenoxy) is 1. The number of benzene rings is 2. The highest BCUT2D eigenvalue weighted by molar-refractivity contribution is 6.30. The third-order valence-corrected chi connectivity index (χ3v) is 2.44. The van der Waals surface area contributed by atoms with E-state index in [1.807, 2.05) is 0 Å². The van der Waals surface area contributed by atoms with Gasteiger partial charge in [0.2, 0.25) is 0 Å². The molecule has 0 saturated carbocycles. The molecule has 2 nitrogen and oxygen atoms in total. The lowest BCUT2D eigenvalue weighted by atomic mass is 10.3. The van der Waals surface area contributed by atoms with E-state index in [2.05, 4.69) is 0 Å². The second-order valence-corrected chi connectivity index (χ2v) is 3.74. The van der Waals surface area contributed by atoms with Crippen molar-refractivity contribution in [2.75, 3.05) is 5.73 Å². The van der Waals surface area contributed by atoms with Gasteiger partial charge in [0.15, 0.2) is 5.75 Å². The van der Waals surface area contributed by atoms with E-state index in [4.69, 9.17) is 22.1 Å². The predicted octanol–water partition coefficient (Wildman–Crippen LogP) is 3.99. The molecule has 2 aromatic rings. The van der Waals surface area contributed by atoms with Crippen molar-refractivity contribution in [3.05, 3.63) is 53.1 Å². The fourth-order valence-corrected chi connectivity index (χ4v) is 1.39. The Morgan fingerprint density at radius 1 is 1.06 bits per heavy atom. The molecule has 0 aliphatic carbocycles. The van der Waals surface area contributed by atoms with E-state index in [0.717, 1.165) is 6.07 Å². The van der Waals surface area contributed by atoms with Crippen LogP contribution in [-0.4, -0.2) is 0 Å². The van der Waals surface area contributed by atoms with E-state index in [0.29, 0.717) is 0 Å². The monoisotopic (exact) mass is 255 g/mol. The Bertz CT molecular complexity index is 560. The first kappa shape index (κ1) is 11.7. The zero-order chi connectivity index (χ0) is 12.4. The smallest absolute Gasteiger partial charge is 0.153 e. The number of nitrogen functional groups attached to an aromatic ring is 1. The number of hydrogen-bond donors (Lipinski definition) is 1. The fourth-order valence-electron chi connectivity index (χ4n) is 1.27. The number of halogens is 3. The first-order valence-electron chi connectivity index (χ1n) is 4.75. The molecule has 0 atom stereocenters. The van der Waals surface area contributed by atoms with Crippen molar-refractivity contribution >= 4 is 17.3 Å². The highest BCUT2D eigenvalue weighted by Gasteiger charge is 2.08. The van der Waals surface area contributed by atoms with Crippen molar-refractivity contribution in [1.82, 2.24) is 0 Å². The van der Waals surface area contributed by atoms with Crippen LogP contribution < -0.4 is 10.5 Å². The van der Waals surface area contributed by atoms with Gasteiger partial charge >= 0.3 is 0 Å². The maximum absolute atomic E-state index is 13.1. The van der Waals surface area contributed by atoms with Gasteiger partial charge in [-0.15, -0.1) is 0 Å². The van der Waals surface area contributed by atoms with E-state index in [1.165, 1.54) is 30.3 Å². The summed E-state index contributed by atoms with van der Waals surface area (Å²) < 4.78 is 31.5. The molecule has 0 amide bonds. The lowest BCUT2D eigenvalue weighted by molar-refractivity contribution is 0.474. The Hall–Kier alpha value is -1.81. The Morgan fingerprint density at radius 3 is 2.53 bits per heavy atom. The number of nitrogens with two attached hydrogens (primary N) is 1. The molecule has 5 heteroatoms. The minimum absolute atomic E-state index is 0.00966. The van der Waals surface area contributed by atoms with E-state index in [1.54, 1.807) is 0 Å². The molecule has 0 fully saturated rings. The Kier molecular flexibility index (Phi) is 3.15. The van der Waals surface area contributed by atoms with Crippen LogP contribution in [-0.2, 0) is 0 Å². The second-order valence-electron chi connectivity index (χ2n) is 3.33. The summed E-state index contributed by atoms with van der Waals surface area (Å²) in [5.41, 5.74) is 5.36. The molecule has 0 aromatic heterocycles. The van der Waals surface area contributed by atoms with Crippen LogP contribution in [0.5, 0.6) is 11.5 Å². The normalized spacial score (nSPS) is 10.3. The molecule has 0 bridgehead atoms. The number of hydrogen-bond acceptors (Lipinski definition) is 2. The molecular weight excluding hydrogens is 248 g/mol. The van der Waals surface area contributed by atoms with Gasteiger partial charge < -0.3 is 10.5 Å². The molecule has 2 N–H and O–H groups in total. The van der Waals surface area contributed by atoms with Gasteiger partial charge in [0.25, 0.3) is 0 Å². The van der Waals surface area contributed by atoms with Crippen LogP contribution in [0, 0.1) is 11.6 Å². The lowest BCUT2D eigenvalue weighted by Crippen LogP contribution is -1.95. The van der Waals surface area contributed by atoms with Gasteiger partial charge in [-0.1, -0.05) is 17.7 Å². The van der Waals surface area contributed by atoms with Crippen molar-refractivity contribution < 1.29 is 13.5 Å². The third-order valence-electron chi connectivity index (χ3n) is 2.13. The van der Waals surface area contributed by atoms with Crippen LogP contribution in [0.2, 0.25) is 5.02 Å². The van der Waals surface area contributed by atoms with Crippen LogP contribution in [0.1, 0.15) is 0 Å². The predicted molar refractivity (Wildman–Crippen MR) is 62.3 cm³/mol. The van der Waals surface area contributed by atoms with Gasteiger partial charge in [0.1, 0.15) is 23.1 Å². The second kappa shape index (κ2) is 4.59. The average Bonchev–Trinajstić information content (AvgIpc) is 2.30. The Labute approximate surface area is 102 Å². The summed E-state index contributed by atoms with van der Waals surface area (Å²) in [6, 6.07) is 8.08. The maximum Gasteiger partial charge on any atom is 0.153 e. The van der Waals surface area contributed by atoms with Gasteiger partial charge in [-0.05, 0) is 24.3 Å². The molecule has 0 spiro atoms. The van der Waals surface area contributed by atoms with Crippen molar-refractivity contribution in [2.24, 2.45) is 0 Å². The molecule has 88 valence electrons. The summed E-state index contributed by atoms with van der Waals surface area (Å²) in [6.07, 6.45) is 0. The van der Waals surface area contributed by atoms with Gasteiger partial charge in [0.05, 0.1) is 5.02 Å². The van der Waals surface area contributed by atoms with Gasteiger partial charge in [-0.3, -0.25) is 0 Å². The maximum atomic E-state index is 13.1. The van der Waals surface area contributed by atoms with E-state index >= 15 is 0 Å². The molecule has 2 rings (SSSR count). The van der Waals surface area contributed by atoms with E-state index < -0.39 is 11.6 Å². The molecule has 2 aromatic carbocycles. The van der Waals surface area contributed by atoms with Gasteiger partial charge in [-0.25, -0.2) is 8.78 Å². The quantitative estimate of drug-likeness (QED) is 0.824. The molecular formula is C12H8ClF2NO. The fraction of sp³-hybridized carbons (Fsp3) is 0. The molecule has 0 aliphatic heterocycles. The van der Waals surface area contributed by atoms with Gasteiger partial charge in [0, 0.05) is 6.07 Å². The summed E-state index contributed by atoms with van der Waals surface area (Å²) in [7, 11) is 0. The molecule has 17 heavy (non-hydrogen) atoms. The first-order chi connectivity index (χ1) is 8.08. The molecule has 0 unspecified atom stereocenters. The van der Waals surface area contributed by atoms with Crippen LogP contribution in [0.3, 0.4) is 0 Å². The van der Waals surface area contributed by atoms with Crippen LogP contribution in [0.15, 0.2) is 36.4 Å². The minimum atomic E-state index is -0.612. The lowest BCUT2D eigenvalue weighted by Gasteiger charge is -2.09. The highest BCUT2D eigenvalue weighted by Crippen LogP contribution is 2.30. The summed E-state index contributed by atoms with van der Waals surface area (Å²) in [4.78, 5) is 0. The standard InChI is InChI=1S/C12H8ClF2NO/c13-8-5-4-7(6-10(8)15)17-11-3-1-2-9(14)12(11)16/h1-6H,16H2. The van der Waals surface area contributed by atoms with Gasteiger partial charge in [-0.2, -0.15) is 0 Å². The van der Waals surface area contributed by atoms with E-state index in [-0.39, 0.29) is 22.2 Å². The summed E-state index contributed by atoms with van der Waals surface area (Å²) in [6.45, 7) is 0. The van der Waals surface area contributed by atoms with Crippen molar-refractivity contribution in [1.29, 1.82) is 0 Å². The Morgan fingerprint density at radius 2 is 1.82 bits per heavy atom. The van der Waals surface area contributed by atoms with Crippen molar-refractivity contribution in [2.45, 2.75) is 0 Å². The first-order valence-corrected chi connectivity index (χ1v) is 5.12. The molecule has 0 aliphatic rings. The molecule has 0 saturated heterocycles. The number of anilines is 1. The molecule has 0 radical (unpaired) electrons. The largest absolute Gasteiger partial charge is 0.455 e. The topological polar surface area (TPSA) is 35.2 Å². The Balaban J connectivity index is 2.31. The van der Waals surface area contributed by atoms with Crippen LogP contribution >= 0.6 is 11.6 Å². The SMILES string of the molecule is Nc1c(F)cccc1Oc1ccc(Cl)c(F)c1. The van der Waals surface area contributed by atoms with Crippen molar-refractivity contribution in [3.63, 3.8) is 0 Å². The average molecular weight is 256 g/mol.